The van der Waals surface area contributed by atoms with Crippen LogP contribution in [0.3, 0.4) is 0 Å². The van der Waals surface area contributed by atoms with Crippen molar-refractivity contribution in [2.24, 2.45) is 0 Å². The second-order valence-electron chi connectivity index (χ2n) is 5.41. The minimum absolute atomic E-state index is 0.691. The van der Waals surface area contributed by atoms with Crippen LogP contribution in [0.1, 0.15) is 25.0 Å². The van der Waals surface area contributed by atoms with Gasteiger partial charge in [0.2, 0.25) is 0 Å². The predicted molar refractivity (Wildman–Crippen MR) is 87.4 cm³/mol. The van der Waals surface area contributed by atoms with Crippen molar-refractivity contribution in [2.45, 2.75) is 31.8 Å². The summed E-state index contributed by atoms with van der Waals surface area (Å²) in [5.74, 6) is 0. The summed E-state index contributed by atoms with van der Waals surface area (Å²) >= 11 is 3.49. The molecule has 2 aromatic heterocycles. The van der Waals surface area contributed by atoms with Crippen molar-refractivity contribution in [2.75, 3.05) is 20.1 Å². The van der Waals surface area contributed by atoms with Gasteiger partial charge >= 0.3 is 0 Å². The Morgan fingerprint density at radius 3 is 3.15 bits per heavy atom. The SMILES string of the molecule is CN(Cc1csc(-c2ccsc2)n1)C1CCCNCC1. The zero-order chi connectivity index (χ0) is 13.8. The fourth-order valence-electron chi connectivity index (χ4n) is 2.72. The van der Waals surface area contributed by atoms with Gasteiger partial charge in [0.1, 0.15) is 5.01 Å². The number of aromatic nitrogens is 1. The standard InChI is InChI=1S/C15H21N3S2/c1-18(14-3-2-6-16-7-4-14)9-13-11-20-15(17-13)12-5-8-19-10-12/h5,8,10-11,14,16H,2-4,6-7,9H2,1H3. The Bertz CT molecular complexity index is 513. The van der Waals surface area contributed by atoms with E-state index in [2.05, 4.69) is 39.5 Å². The zero-order valence-electron chi connectivity index (χ0n) is 11.8. The summed E-state index contributed by atoms with van der Waals surface area (Å²) in [5, 5.41) is 11.1. The van der Waals surface area contributed by atoms with Crippen molar-refractivity contribution >= 4 is 22.7 Å². The van der Waals surface area contributed by atoms with Crippen molar-refractivity contribution in [1.29, 1.82) is 0 Å². The van der Waals surface area contributed by atoms with Gasteiger partial charge in [0, 0.05) is 28.9 Å². The molecule has 1 unspecified atom stereocenters. The van der Waals surface area contributed by atoms with Crippen molar-refractivity contribution < 1.29 is 0 Å². The predicted octanol–water partition coefficient (Wildman–Crippen LogP) is 3.45. The van der Waals surface area contributed by atoms with E-state index in [4.69, 9.17) is 4.98 Å². The molecule has 0 aromatic carbocycles. The molecular weight excluding hydrogens is 286 g/mol. The third kappa shape index (κ3) is 3.47. The Hall–Kier alpha value is -0.750. The number of hydrogen-bond acceptors (Lipinski definition) is 5. The summed E-state index contributed by atoms with van der Waals surface area (Å²) in [6.45, 7) is 3.28. The minimum atomic E-state index is 0.691. The molecule has 5 heteroatoms. The molecule has 2 aromatic rings. The summed E-state index contributed by atoms with van der Waals surface area (Å²) in [4.78, 5) is 7.25. The number of nitrogens with one attached hydrogen (secondary N) is 1. The Morgan fingerprint density at radius 2 is 2.30 bits per heavy atom. The van der Waals surface area contributed by atoms with Crippen molar-refractivity contribution in [1.82, 2.24) is 15.2 Å². The van der Waals surface area contributed by atoms with E-state index in [0.29, 0.717) is 6.04 Å². The lowest BCUT2D eigenvalue weighted by Gasteiger charge is -2.25. The van der Waals surface area contributed by atoms with Crippen LogP contribution in [0, 0.1) is 0 Å². The van der Waals surface area contributed by atoms with Crippen LogP contribution in [0.15, 0.2) is 22.2 Å². The number of nitrogens with zero attached hydrogens (tertiary/aromatic N) is 2. The smallest absolute Gasteiger partial charge is 0.124 e. The molecule has 108 valence electrons. The van der Waals surface area contributed by atoms with Gasteiger partial charge in [0.05, 0.1) is 5.69 Å². The normalized spacial score (nSPS) is 20.2. The summed E-state index contributed by atoms with van der Waals surface area (Å²) in [6, 6.07) is 2.84. The first-order valence-corrected chi connectivity index (χ1v) is 9.03. The second-order valence-corrected chi connectivity index (χ2v) is 7.04. The number of hydrogen-bond donors (Lipinski definition) is 1. The molecule has 0 aliphatic carbocycles. The van der Waals surface area contributed by atoms with Gasteiger partial charge in [-0.15, -0.1) is 11.3 Å². The Morgan fingerprint density at radius 1 is 1.35 bits per heavy atom. The van der Waals surface area contributed by atoms with Crippen LogP contribution in [0.4, 0.5) is 0 Å². The Kier molecular flexibility index (Phi) is 4.83. The molecule has 0 spiro atoms. The van der Waals surface area contributed by atoms with Gasteiger partial charge < -0.3 is 5.32 Å². The Balaban J connectivity index is 1.62. The van der Waals surface area contributed by atoms with Gasteiger partial charge in [0.25, 0.3) is 0 Å². The molecule has 1 N–H and O–H groups in total. The molecule has 1 atom stereocenters. The number of rotatable bonds is 4. The highest BCUT2D eigenvalue weighted by Crippen LogP contribution is 2.26. The van der Waals surface area contributed by atoms with Gasteiger partial charge in [-0.25, -0.2) is 4.98 Å². The minimum Gasteiger partial charge on any atom is -0.317 e. The maximum atomic E-state index is 4.78. The molecule has 1 aliphatic heterocycles. The van der Waals surface area contributed by atoms with Crippen LogP contribution in [0.2, 0.25) is 0 Å². The lowest BCUT2D eigenvalue weighted by molar-refractivity contribution is 0.214. The van der Waals surface area contributed by atoms with Gasteiger partial charge in [-0.3, -0.25) is 4.90 Å². The summed E-state index contributed by atoms with van der Waals surface area (Å²) in [5.41, 5.74) is 2.46. The number of thiazole rings is 1. The maximum Gasteiger partial charge on any atom is 0.124 e. The van der Waals surface area contributed by atoms with Gasteiger partial charge in [-0.2, -0.15) is 11.3 Å². The first-order valence-electron chi connectivity index (χ1n) is 7.21. The largest absolute Gasteiger partial charge is 0.317 e. The van der Waals surface area contributed by atoms with E-state index in [1.54, 1.807) is 22.7 Å². The summed E-state index contributed by atoms with van der Waals surface area (Å²) < 4.78 is 0. The molecule has 3 nitrogen and oxygen atoms in total. The topological polar surface area (TPSA) is 28.2 Å². The fraction of sp³-hybridized carbons (Fsp3) is 0.533. The average Bonchev–Trinajstić information content (AvgIpc) is 3.05. The zero-order valence-corrected chi connectivity index (χ0v) is 13.5. The van der Waals surface area contributed by atoms with Crippen LogP contribution >= 0.6 is 22.7 Å². The highest BCUT2D eigenvalue weighted by atomic mass is 32.1. The van der Waals surface area contributed by atoms with E-state index in [0.717, 1.165) is 18.1 Å². The maximum absolute atomic E-state index is 4.78. The van der Waals surface area contributed by atoms with Crippen LogP contribution in [0.5, 0.6) is 0 Å². The number of thiophene rings is 1. The van der Waals surface area contributed by atoms with Crippen LogP contribution in [0.25, 0.3) is 10.6 Å². The molecule has 3 rings (SSSR count). The lowest BCUT2D eigenvalue weighted by atomic mass is 10.1. The molecule has 0 radical (unpaired) electrons. The van der Waals surface area contributed by atoms with Crippen LogP contribution in [-0.4, -0.2) is 36.1 Å². The summed E-state index contributed by atoms with van der Waals surface area (Å²) in [6.07, 6.45) is 3.83. The lowest BCUT2D eigenvalue weighted by Crippen LogP contribution is -2.32. The average molecular weight is 307 g/mol. The Labute approximate surface area is 128 Å². The monoisotopic (exact) mass is 307 g/mol. The third-order valence-electron chi connectivity index (χ3n) is 3.90. The quantitative estimate of drug-likeness (QED) is 0.938. The fourth-order valence-corrected chi connectivity index (χ4v) is 4.25. The molecule has 20 heavy (non-hydrogen) atoms. The van der Waals surface area contributed by atoms with Crippen molar-refractivity contribution in [3.63, 3.8) is 0 Å². The van der Waals surface area contributed by atoms with E-state index >= 15 is 0 Å². The van der Waals surface area contributed by atoms with E-state index in [9.17, 15) is 0 Å². The molecule has 0 saturated carbocycles. The molecule has 0 amide bonds. The van der Waals surface area contributed by atoms with E-state index < -0.39 is 0 Å². The highest BCUT2D eigenvalue weighted by molar-refractivity contribution is 7.14. The highest BCUT2D eigenvalue weighted by Gasteiger charge is 2.17. The van der Waals surface area contributed by atoms with Crippen LogP contribution in [-0.2, 0) is 6.54 Å². The molecule has 1 saturated heterocycles. The van der Waals surface area contributed by atoms with E-state index in [1.165, 1.54) is 37.1 Å². The second kappa shape index (κ2) is 6.80. The molecule has 1 aliphatic rings. The molecule has 1 fully saturated rings. The van der Waals surface area contributed by atoms with Gasteiger partial charge in [-0.1, -0.05) is 0 Å². The first-order chi connectivity index (χ1) is 9.83. The van der Waals surface area contributed by atoms with Gasteiger partial charge in [0.15, 0.2) is 0 Å². The van der Waals surface area contributed by atoms with Crippen molar-refractivity contribution in [3.8, 4) is 10.6 Å². The third-order valence-corrected chi connectivity index (χ3v) is 5.52. The molecule has 3 heterocycles. The molecule has 0 bridgehead atoms. The molecular formula is C15H21N3S2. The van der Waals surface area contributed by atoms with E-state index in [1.807, 2.05) is 0 Å². The summed E-state index contributed by atoms with van der Waals surface area (Å²) in [7, 11) is 2.24. The van der Waals surface area contributed by atoms with Crippen LogP contribution < -0.4 is 5.32 Å². The van der Waals surface area contributed by atoms with Crippen molar-refractivity contribution in [3.05, 3.63) is 27.9 Å². The van der Waals surface area contributed by atoms with E-state index in [-0.39, 0.29) is 0 Å². The van der Waals surface area contributed by atoms with Gasteiger partial charge in [-0.05, 0) is 50.8 Å². The first kappa shape index (κ1) is 14.2.